The van der Waals surface area contributed by atoms with E-state index in [4.69, 9.17) is 5.14 Å². The highest BCUT2D eigenvalue weighted by Crippen LogP contribution is 2.19. The summed E-state index contributed by atoms with van der Waals surface area (Å²) in [5.74, 6) is -1.45. The summed E-state index contributed by atoms with van der Waals surface area (Å²) in [5, 5.41) is 6.85. The Labute approximate surface area is 96.7 Å². The van der Waals surface area contributed by atoms with E-state index in [1.54, 1.807) is 0 Å². The maximum absolute atomic E-state index is 12.0. The SMILES string of the molecule is Cc1cc(S(N)(=O)=O)ccc1NC(=O)C(F)F. The molecule has 0 fully saturated rings. The van der Waals surface area contributed by atoms with Crippen LogP contribution in [-0.2, 0) is 14.8 Å². The summed E-state index contributed by atoms with van der Waals surface area (Å²) in [6, 6.07) is 3.52. The number of carbonyl (C=O) groups is 1. The number of primary sulfonamides is 1. The van der Waals surface area contributed by atoms with Crippen LogP contribution in [0.25, 0.3) is 0 Å². The molecule has 1 amide bonds. The highest BCUT2D eigenvalue weighted by Gasteiger charge is 2.17. The van der Waals surface area contributed by atoms with Gasteiger partial charge in [-0.25, -0.2) is 13.6 Å². The van der Waals surface area contributed by atoms with E-state index >= 15 is 0 Å². The number of rotatable bonds is 3. The molecule has 8 heteroatoms. The van der Waals surface area contributed by atoms with Gasteiger partial charge in [-0.2, -0.15) is 8.78 Å². The minimum Gasteiger partial charge on any atom is -0.321 e. The number of aryl methyl sites for hydroxylation is 1. The average Bonchev–Trinajstić information content (AvgIpc) is 2.19. The van der Waals surface area contributed by atoms with Crippen LogP contribution in [0.5, 0.6) is 0 Å². The highest BCUT2D eigenvalue weighted by atomic mass is 32.2. The third-order valence-electron chi connectivity index (χ3n) is 1.98. The van der Waals surface area contributed by atoms with Crippen molar-refractivity contribution in [2.24, 2.45) is 5.14 Å². The molecule has 0 heterocycles. The van der Waals surface area contributed by atoms with Crippen molar-refractivity contribution >= 4 is 21.6 Å². The zero-order chi connectivity index (χ0) is 13.2. The first-order valence-corrected chi connectivity index (χ1v) is 5.99. The van der Waals surface area contributed by atoms with E-state index in [1.165, 1.54) is 19.1 Å². The van der Waals surface area contributed by atoms with Gasteiger partial charge in [-0.1, -0.05) is 0 Å². The Kier molecular flexibility index (Phi) is 3.79. The zero-order valence-corrected chi connectivity index (χ0v) is 9.59. The molecular weight excluding hydrogens is 254 g/mol. The second kappa shape index (κ2) is 4.76. The molecular formula is C9H10F2N2O3S. The maximum atomic E-state index is 12.0. The van der Waals surface area contributed by atoms with E-state index in [2.05, 4.69) is 0 Å². The Morgan fingerprint density at radius 1 is 1.41 bits per heavy atom. The molecule has 0 aromatic heterocycles. The van der Waals surface area contributed by atoms with Crippen molar-refractivity contribution in [2.45, 2.75) is 18.2 Å². The van der Waals surface area contributed by atoms with Crippen molar-refractivity contribution < 1.29 is 22.0 Å². The second-order valence-corrected chi connectivity index (χ2v) is 4.87. The molecule has 0 radical (unpaired) electrons. The van der Waals surface area contributed by atoms with Gasteiger partial charge in [-0.05, 0) is 30.7 Å². The third-order valence-corrected chi connectivity index (χ3v) is 2.89. The normalized spacial score (nSPS) is 11.6. The van der Waals surface area contributed by atoms with Gasteiger partial charge in [0.15, 0.2) is 0 Å². The molecule has 1 rings (SSSR count). The number of alkyl halides is 2. The van der Waals surface area contributed by atoms with E-state index in [-0.39, 0.29) is 10.6 Å². The molecule has 94 valence electrons. The molecule has 0 unspecified atom stereocenters. The summed E-state index contributed by atoms with van der Waals surface area (Å²) in [7, 11) is -3.85. The zero-order valence-electron chi connectivity index (χ0n) is 8.78. The van der Waals surface area contributed by atoms with Crippen LogP contribution in [0.4, 0.5) is 14.5 Å². The minimum absolute atomic E-state index is 0.114. The maximum Gasteiger partial charge on any atom is 0.315 e. The summed E-state index contributed by atoms with van der Waals surface area (Å²) in [6.45, 7) is 1.47. The molecule has 0 saturated carbocycles. The summed E-state index contributed by atoms with van der Waals surface area (Å²) < 4.78 is 46.0. The van der Waals surface area contributed by atoms with Gasteiger partial charge in [0.1, 0.15) is 0 Å². The van der Waals surface area contributed by atoms with E-state index in [1.807, 2.05) is 5.32 Å². The van der Waals surface area contributed by atoms with Gasteiger partial charge in [0, 0.05) is 5.69 Å². The molecule has 0 aliphatic heterocycles. The predicted octanol–water partition coefficient (Wildman–Crippen LogP) is 0.846. The van der Waals surface area contributed by atoms with E-state index in [0.717, 1.165) is 6.07 Å². The first kappa shape index (κ1) is 13.5. The van der Waals surface area contributed by atoms with Crippen LogP contribution in [-0.4, -0.2) is 20.8 Å². The van der Waals surface area contributed by atoms with Gasteiger partial charge in [0.25, 0.3) is 5.91 Å². The lowest BCUT2D eigenvalue weighted by atomic mass is 10.2. The first-order chi connectivity index (χ1) is 7.71. The standard InChI is InChI=1S/C9H10F2N2O3S/c1-5-4-6(17(12,15)16)2-3-7(5)13-9(14)8(10)11/h2-4,8H,1H3,(H,13,14)(H2,12,15,16). The third kappa shape index (κ3) is 3.46. The van der Waals surface area contributed by atoms with E-state index < -0.39 is 22.4 Å². The molecule has 0 atom stereocenters. The number of sulfonamides is 1. The van der Waals surface area contributed by atoms with Crippen LogP contribution >= 0.6 is 0 Å². The fraction of sp³-hybridized carbons (Fsp3) is 0.222. The average molecular weight is 264 g/mol. The van der Waals surface area contributed by atoms with Gasteiger partial charge in [0.2, 0.25) is 10.0 Å². The predicted molar refractivity (Wildman–Crippen MR) is 57.2 cm³/mol. The molecule has 0 saturated heterocycles. The van der Waals surface area contributed by atoms with Crippen LogP contribution in [0.15, 0.2) is 23.1 Å². The van der Waals surface area contributed by atoms with Crippen molar-refractivity contribution in [3.63, 3.8) is 0 Å². The molecule has 1 aromatic carbocycles. The first-order valence-electron chi connectivity index (χ1n) is 4.44. The molecule has 1 aromatic rings. The number of nitrogens with one attached hydrogen (secondary N) is 1. The lowest BCUT2D eigenvalue weighted by molar-refractivity contribution is -0.126. The number of carbonyl (C=O) groups excluding carboxylic acids is 1. The Morgan fingerprint density at radius 3 is 2.41 bits per heavy atom. The van der Waals surface area contributed by atoms with Crippen LogP contribution in [0.2, 0.25) is 0 Å². The van der Waals surface area contributed by atoms with Crippen molar-refractivity contribution in [3.05, 3.63) is 23.8 Å². The van der Waals surface area contributed by atoms with Crippen LogP contribution in [0.3, 0.4) is 0 Å². The fourth-order valence-electron chi connectivity index (χ4n) is 1.14. The second-order valence-electron chi connectivity index (χ2n) is 3.31. The highest BCUT2D eigenvalue weighted by molar-refractivity contribution is 7.89. The monoisotopic (exact) mass is 264 g/mol. The lowest BCUT2D eigenvalue weighted by Gasteiger charge is -2.08. The topological polar surface area (TPSA) is 89.3 Å². The van der Waals surface area contributed by atoms with Gasteiger partial charge in [0.05, 0.1) is 4.90 Å². The van der Waals surface area contributed by atoms with Gasteiger partial charge in [-0.3, -0.25) is 4.79 Å². The Hall–Kier alpha value is -1.54. The Morgan fingerprint density at radius 2 is 2.00 bits per heavy atom. The van der Waals surface area contributed by atoms with Crippen LogP contribution < -0.4 is 10.5 Å². The number of hydrogen-bond donors (Lipinski definition) is 2. The number of amides is 1. The smallest absolute Gasteiger partial charge is 0.315 e. The molecule has 0 spiro atoms. The van der Waals surface area contributed by atoms with Crippen molar-refractivity contribution in [1.82, 2.24) is 0 Å². The minimum atomic E-state index is -3.85. The number of nitrogens with two attached hydrogens (primary N) is 1. The van der Waals surface area contributed by atoms with Crippen LogP contribution in [0, 0.1) is 6.92 Å². The summed E-state index contributed by atoms with van der Waals surface area (Å²) >= 11 is 0. The number of hydrogen-bond acceptors (Lipinski definition) is 3. The van der Waals surface area contributed by atoms with E-state index in [9.17, 15) is 22.0 Å². The molecule has 17 heavy (non-hydrogen) atoms. The summed E-state index contributed by atoms with van der Waals surface area (Å²) in [6.07, 6.45) is -3.13. The van der Waals surface area contributed by atoms with Crippen molar-refractivity contribution in [3.8, 4) is 0 Å². The van der Waals surface area contributed by atoms with Gasteiger partial charge in [-0.15, -0.1) is 0 Å². The molecule has 3 N–H and O–H groups in total. The summed E-state index contributed by atoms with van der Waals surface area (Å²) in [4.78, 5) is 10.6. The molecule has 5 nitrogen and oxygen atoms in total. The van der Waals surface area contributed by atoms with Crippen molar-refractivity contribution in [2.75, 3.05) is 5.32 Å². The molecule has 0 aliphatic carbocycles. The lowest BCUT2D eigenvalue weighted by Crippen LogP contribution is -2.21. The number of benzene rings is 1. The van der Waals surface area contributed by atoms with E-state index in [0.29, 0.717) is 5.56 Å². The Bertz CT molecular complexity index is 543. The van der Waals surface area contributed by atoms with Crippen LogP contribution in [0.1, 0.15) is 5.56 Å². The fourth-order valence-corrected chi connectivity index (χ4v) is 1.74. The van der Waals surface area contributed by atoms with Gasteiger partial charge >= 0.3 is 6.43 Å². The number of halogens is 2. The number of anilines is 1. The quantitative estimate of drug-likeness (QED) is 0.848. The molecule has 0 bridgehead atoms. The van der Waals surface area contributed by atoms with Crippen molar-refractivity contribution in [1.29, 1.82) is 0 Å². The van der Waals surface area contributed by atoms with Gasteiger partial charge < -0.3 is 5.32 Å². The Balaban J connectivity index is 3.03. The molecule has 0 aliphatic rings. The summed E-state index contributed by atoms with van der Waals surface area (Å²) in [5.41, 5.74) is 0.438. The largest absolute Gasteiger partial charge is 0.321 e.